The number of carbonyl (C=O) groups excluding carboxylic acids is 1. The van der Waals surface area contributed by atoms with Crippen molar-refractivity contribution in [3.8, 4) is 0 Å². The summed E-state index contributed by atoms with van der Waals surface area (Å²) in [5.41, 5.74) is 1.26. The first-order valence-corrected chi connectivity index (χ1v) is 12.1. The van der Waals surface area contributed by atoms with Crippen LogP contribution in [-0.2, 0) is 6.54 Å². The maximum atomic E-state index is 13.2. The Morgan fingerprint density at radius 1 is 0.933 bits per heavy atom. The van der Waals surface area contributed by atoms with Crippen molar-refractivity contribution >= 4 is 6.03 Å². The smallest absolute Gasteiger partial charge is 0.315 e. The lowest BCUT2D eigenvalue weighted by Gasteiger charge is -2.56. The SMILES string of the molecule is O=C(NC1CC2CCC(C1)N2Cc1ccc(F)cc1)NC12CC3CC(CC(C3)C1)C2. The molecule has 2 aliphatic heterocycles. The number of nitrogens with one attached hydrogen (secondary N) is 2. The van der Waals surface area contributed by atoms with E-state index in [1.165, 1.54) is 56.9 Å². The van der Waals surface area contributed by atoms with Crippen LogP contribution in [0.25, 0.3) is 0 Å². The van der Waals surface area contributed by atoms with Gasteiger partial charge in [-0.2, -0.15) is 0 Å². The van der Waals surface area contributed by atoms with Crippen LogP contribution >= 0.6 is 0 Å². The zero-order chi connectivity index (χ0) is 20.3. The number of piperidine rings is 1. The molecule has 6 fully saturated rings. The van der Waals surface area contributed by atoms with Gasteiger partial charge < -0.3 is 10.6 Å². The van der Waals surface area contributed by atoms with Crippen molar-refractivity contribution in [1.29, 1.82) is 0 Å². The van der Waals surface area contributed by atoms with Gasteiger partial charge in [-0.3, -0.25) is 4.90 Å². The van der Waals surface area contributed by atoms with Gasteiger partial charge in [0.2, 0.25) is 0 Å². The topological polar surface area (TPSA) is 44.4 Å². The average Bonchev–Trinajstić information content (AvgIpc) is 2.90. The first kappa shape index (κ1) is 19.1. The van der Waals surface area contributed by atoms with Crippen LogP contribution in [0.5, 0.6) is 0 Å². The van der Waals surface area contributed by atoms with Crippen molar-refractivity contribution in [3.63, 3.8) is 0 Å². The predicted molar refractivity (Wildman–Crippen MR) is 114 cm³/mol. The van der Waals surface area contributed by atoms with Crippen LogP contribution in [0.2, 0.25) is 0 Å². The highest BCUT2D eigenvalue weighted by Crippen LogP contribution is 2.55. The van der Waals surface area contributed by atoms with E-state index >= 15 is 0 Å². The summed E-state index contributed by atoms with van der Waals surface area (Å²) in [6.07, 6.45) is 12.3. The van der Waals surface area contributed by atoms with E-state index in [4.69, 9.17) is 0 Å². The van der Waals surface area contributed by atoms with Crippen LogP contribution in [0.1, 0.15) is 69.8 Å². The molecule has 4 saturated carbocycles. The molecule has 2 atom stereocenters. The highest BCUT2D eigenvalue weighted by atomic mass is 19.1. The van der Waals surface area contributed by atoms with Crippen molar-refractivity contribution < 1.29 is 9.18 Å². The Bertz CT molecular complexity index is 760. The van der Waals surface area contributed by atoms with Crippen LogP contribution in [0.15, 0.2) is 24.3 Å². The van der Waals surface area contributed by atoms with E-state index in [1.807, 2.05) is 12.1 Å². The van der Waals surface area contributed by atoms with Gasteiger partial charge in [0.15, 0.2) is 0 Å². The van der Waals surface area contributed by atoms with E-state index in [-0.39, 0.29) is 23.4 Å². The second kappa shape index (κ2) is 7.22. The first-order valence-electron chi connectivity index (χ1n) is 12.1. The zero-order valence-electron chi connectivity index (χ0n) is 17.8. The number of carbonyl (C=O) groups is 1. The number of rotatable bonds is 4. The third kappa shape index (κ3) is 3.53. The number of urea groups is 1. The van der Waals surface area contributed by atoms with E-state index in [9.17, 15) is 9.18 Å². The number of amides is 2. The molecule has 5 heteroatoms. The van der Waals surface area contributed by atoms with E-state index in [0.717, 1.165) is 37.1 Å². The summed E-state index contributed by atoms with van der Waals surface area (Å²) in [4.78, 5) is 15.5. The Morgan fingerprint density at radius 3 is 2.07 bits per heavy atom. The highest BCUT2D eigenvalue weighted by molar-refractivity contribution is 5.75. The fraction of sp³-hybridized carbons (Fsp3) is 0.720. The summed E-state index contributed by atoms with van der Waals surface area (Å²) in [7, 11) is 0. The standard InChI is InChI=1S/C25H34FN3O/c26-20-3-1-16(2-4-20)15-29-22-5-6-23(29)11-21(10-22)27-24(30)28-25-12-17-7-18(13-25)9-19(8-17)14-25/h1-4,17-19,21-23H,5-15H2,(H2,27,28,30). The normalized spacial score (nSPS) is 41.8. The van der Waals surface area contributed by atoms with Gasteiger partial charge in [0.25, 0.3) is 0 Å². The predicted octanol–water partition coefficient (Wildman–Crippen LogP) is 4.59. The molecule has 2 unspecified atom stereocenters. The maximum Gasteiger partial charge on any atom is 0.315 e. The molecule has 4 nitrogen and oxygen atoms in total. The number of fused-ring (bicyclic) bond motifs is 2. The van der Waals surface area contributed by atoms with Gasteiger partial charge in [-0.05, 0) is 99.7 Å². The van der Waals surface area contributed by atoms with Gasteiger partial charge in [0, 0.05) is 30.2 Å². The van der Waals surface area contributed by atoms with Crippen LogP contribution in [0.4, 0.5) is 9.18 Å². The van der Waals surface area contributed by atoms with Crippen molar-refractivity contribution in [2.75, 3.05) is 0 Å². The molecule has 6 aliphatic rings. The molecule has 2 amide bonds. The Labute approximate surface area is 179 Å². The second-order valence-electron chi connectivity index (χ2n) is 11.1. The molecule has 7 rings (SSSR count). The van der Waals surface area contributed by atoms with Gasteiger partial charge in [-0.1, -0.05) is 12.1 Å². The Morgan fingerprint density at radius 2 is 1.50 bits per heavy atom. The number of nitrogens with zero attached hydrogens (tertiary/aromatic N) is 1. The molecule has 0 spiro atoms. The molecule has 1 aromatic rings. The minimum absolute atomic E-state index is 0.0772. The molecule has 2 N–H and O–H groups in total. The van der Waals surface area contributed by atoms with Gasteiger partial charge in [-0.25, -0.2) is 9.18 Å². The largest absolute Gasteiger partial charge is 0.335 e. The molecule has 0 radical (unpaired) electrons. The summed E-state index contributed by atoms with van der Waals surface area (Å²) in [5, 5.41) is 6.84. The zero-order valence-corrected chi connectivity index (χ0v) is 17.8. The molecule has 2 heterocycles. The highest BCUT2D eigenvalue weighted by Gasteiger charge is 2.51. The minimum atomic E-state index is -0.172. The quantitative estimate of drug-likeness (QED) is 0.761. The van der Waals surface area contributed by atoms with Crippen LogP contribution in [0, 0.1) is 23.6 Å². The summed E-state index contributed by atoms with van der Waals surface area (Å²) in [6, 6.07) is 8.32. The van der Waals surface area contributed by atoms with Crippen LogP contribution in [-0.4, -0.2) is 34.6 Å². The third-order valence-electron chi connectivity index (χ3n) is 8.91. The Hall–Kier alpha value is -1.62. The van der Waals surface area contributed by atoms with Gasteiger partial charge >= 0.3 is 6.03 Å². The van der Waals surface area contributed by atoms with E-state index in [0.29, 0.717) is 12.1 Å². The monoisotopic (exact) mass is 411 g/mol. The average molecular weight is 412 g/mol. The van der Waals surface area contributed by atoms with Gasteiger partial charge in [0.05, 0.1) is 0 Å². The van der Waals surface area contributed by atoms with E-state index in [2.05, 4.69) is 15.5 Å². The van der Waals surface area contributed by atoms with Crippen molar-refractivity contribution in [3.05, 3.63) is 35.6 Å². The van der Waals surface area contributed by atoms with Crippen molar-refractivity contribution in [2.24, 2.45) is 17.8 Å². The molecule has 2 saturated heterocycles. The number of hydrogen-bond acceptors (Lipinski definition) is 2. The fourth-order valence-electron chi connectivity index (χ4n) is 8.18. The van der Waals surface area contributed by atoms with Gasteiger partial charge in [0.1, 0.15) is 5.82 Å². The molecule has 4 aliphatic carbocycles. The molecular weight excluding hydrogens is 377 g/mol. The molecule has 0 aromatic heterocycles. The number of hydrogen-bond donors (Lipinski definition) is 2. The molecular formula is C25H34FN3O. The molecule has 30 heavy (non-hydrogen) atoms. The summed E-state index contributed by atoms with van der Waals surface area (Å²) in [6.45, 7) is 0.891. The van der Waals surface area contributed by atoms with Crippen molar-refractivity contribution in [1.82, 2.24) is 15.5 Å². The lowest BCUT2D eigenvalue weighted by Crippen LogP contribution is -2.62. The summed E-state index contributed by atoms with van der Waals surface area (Å²) < 4.78 is 13.2. The van der Waals surface area contributed by atoms with Crippen molar-refractivity contribution in [2.45, 2.75) is 94.4 Å². The van der Waals surface area contributed by atoms with Crippen LogP contribution in [0.3, 0.4) is 0 Å². The minimum Gasteiger partial charge on any atom is -0.335 e. The maximum absolute atomic E-state index is 13.2. The summed E-state index contributed by atoms with van der Waals surface area (Å²) >= 11 is 0. The Balaban J connectivity index is 1.05. The Kier molecular flexibility index (Phi) is 4.59. The third-order valence-corrected chi connectivity index (χ3v) is 8.91. The number of halogens is 1. The van der Waals surface area contributed by atoms with E-state index in [1.54, 1.807) is 12.1 Å². The molecule has 6 bridgehead atoms. The molecule has 1 aromatic carbocycles. The molecule has 162 valence electrons. The first-order chi connectivity index (χ1) is 14.5. The van der Waals surface area contributed by atoms with E-state index < -0.39 is 0 Å². The second-order valence-corrected chi connectivity index (χ2v) is 11.1. The van der Waals surface area contributed by atoms with Crippen LogP contribution < -0.4 is 10.6 Å². The lowest BCUT2D eigenvalue weighted by atomic mass is 9.53. The van der Waals surface area contributed by atoms with Gasteiger partial charge in [-0.15, -0.1) is 0 Å². The lowest BCUT2D eigenvalue weighted by molar-refractivity contribution is -0.0139. The fourth-order valence-corrected chi connectivity index (χ4v) is 8.18. The summed E-state index contributed by atoms with van der Waals surface area (Å²) in [5.74, 6) is 2.38. The number of benzene rings is 1.